The second-order valence-electron chi connectivity index (χ2n) is 8.64. The third-order valence-corrected chi connectivity index (χ3v) is 6.67. The summed E-state index contributed by atoms with van der Waals surface area (Å²) in [5.41, 5.74) is -3.45. The van der Waals surface area contributed by atoms with Crippen molar-refractivity contribution in [3.05, 3.63) is 63.4 Å². The number of aromatic nitrogens is 2. The van der Waals surface area contributed by atoms with Gasteiger partial charge in [0, 0.05) is 18.7 Å². The molecule has 11 nitrogen and oxygen atoms in total. The first kappa shape index (κ1) is 26.8. The number of carbonyl (C=O) groups is 1. The summed E-state index contributed by atoms with van der Waals surface area (Å²) in [7, 11) is -4.17. The van der Waals surface area contributed by atoms with Crippen LogP contribution in [-0.4, -0.2) is 46.0 Å². The van der Waals surface area contributed by atoms with E-state index in [1.165, 1.54) is 13.8 Å². The molecule has 1 fully saturated rings. The number of para-hydroxylation sites is 1. The molecule has 0 saturated carbocycles. The summed E-state index contributed by atoms with van der Waals surface area (Å²) in [6, 6.07) is 8.20. The van der Waals surface area contributed by atoms with E-state index in [1.807, 2.05) is 0 Å². The fourth-order valence-electron chi connectivity index (χ4n) is 3.50. The second kappa shape index (κ2) is 10.9. The van der Waals surface area contributed by atoms with Crippen LogP contribution in [0, 0.1) is 0 Å². The molecule has 2 unspecified atom stereocenters. The number of H-pyrrole nitrogens is 1. The molecule has 1 aromatic heterocycles. The highest BCUT2D eigenvalue weighted by atomic mass is 31.2. The third-order valence-electron chi connectivity index (χ3n) is 5.02. The van der Waals surface area contributed by atoms with Crippen LogP contribution < -0.4 is 20.9 Å². The van der Waals surface area contributed by atoms with Crippen LogP contribution in [0.5, 0.6) is 5.75 Å². The quantitative estimate of drug-likeness (QED) is 0.363. The molecule has 1 aromatic carbocycles. The number of rotatable bonds is 10. The molecule has 3 rings (SSSR count). The molecular formula is C22H29FN3O8P. The summed E-state index contributed by atoms with van der Waals surface area (Å²) < 4.78 is 51.7. The zero-order chi connectivity index (χ0) is 25.8. The number of hydrogen-bond donors (Lipinski definition) is 2. The van der Waals surface area contributed by atoms with Gasteiger partial charge in [-0.05, 0) is 39.8 Å². The fourth-order valence-corrected chi connectivity index (χ4v) is 5.02. The van der Waals surface area contributed by atoms with E-state index in [4.69, 9.17) is 18.5 Å². The van der Waals surface area contributed by atoms with Crippen molar-refractivity contribution in [2.75, 3.05) is 6.61 Å². The lowest BCUT2D eigenvalue weighted by Crippen LogP contribution is -2.38. The largest absolute Gasteiger partial charge is 0.462 e. The Balaban J connectivity index is 1.75. The predicted molar refractivity (Wildman–Crippen MR) is 124 cm³/mol. The van der Waals surface area contributed by atoms with Gasteiger partial charge in [-0.2, -0.15) is 5.09 Å². The highest BCUT2D eigenvalue weighted by Crippen LogP contribution is 2.47. The van der Waals surface area contributed by atoms with Gasteiger partial charge in [0.05, 0.1) is 18.8 Å². The average molecular weight is 513 g/mol. The third kappa shape index (κ3) is 7.11. The van der Waals surface area contributed by atoms with Gasteiger partial charge in [-0.25, -0.2) is 13.8 Å². The highest BCUT2D eigenvalue weighted by Gasteiger charge is 2.48. The maximum Gasteiger partial charge on any atom is 0.459 e. The monoisotopic (exact) mass is 513 g/mol. The first-order valence-electron chi connectivity index (χ1n) is 11.0. The molecule has 0 spiro atoms. The van der Waals surface area contributed by atoms with E-state index in [-0.39, 0.29) is 24.9 Å². The van der Waals surface area contributed by atoms with Gasteiger partial charge in [0.25, 0.3) is 5.56 Å². The molecule has 0 radical (unpaired) electrons. The second-order valence-corrected chi connectivity index (χ2v) is 10.3. The Morgan fingerprint density at radius 1 is 1.29 bits per heavy atom. The number of benzene rings is 1. The molecule has 0 bridgehead atoms. The van der Waals surface area contributed by atoms with E-state index in [1.54, 1.807) is 44.2 Å². The Labute approximate surface area is 201 Å². The molecule has 192 valence electrons. The fraction of sp³-hybridized carbons (Fsp3) is 0.500. The number of nitrogens with one attached hydrogen (secondary N) is 2. The molecule has 2 aromatic rings. The maximum absolute atomic E-state index is 15.3. The van der Waals surface area contributed by atoms with Crippen molar-refractivity contribution in [2.24, 2.45) is 0 Å². The van der Waals surface area contributed by atoms with E-state index in [2.05, 4.69) is 10.1 Å². The minimum atomic E-state index is -4.17. The summed E-state index contributed by atoms with van der Waals surface area (Å²) in [6.07, 6.45) is -1.70. The van der Waals surface area contributed by atoms with Crippen LogP contribution in [0.1, 0.15) is 40.3 Å². The van der Waals surface area contributed by atoms with Gasteiger partial charge in [-0.3, -0.25) is 23.7 Å². The molecule has 13 heteroatoms. The van der Waals surface area contributed by atoms with Gasteiger partial charge in [0.2, 0.25) is 0 Å². The Morgan fingerprint density at radius 3 is 2.60 bits per heavy atom. The Bertz CT molecular complexity index is 1180. The zero-order valence-electron chi connectivity index (χ0n) is 19.8. The standard InChI is InChI=1S/C22H29FN3O8P/c1-14(2)32-19(28)15(3)25-35(30,34-16-8-6-5-7-9-16)31-13-17-12-22(4,23)20(33-17)26-11-10-18(27)24-21(26)29/h5-11,14-15,17,20H,12-13H2,1-4H3,(H,25,30)(H,24,27,29)/t15-,17-,20?,22+,35?/m0/s1. The van der Waals surface area contributed by atoms with Crippen molar-refractivity contribution < 1.29 is 32.3 Å². The minimum Gasteiger partial charge on any atom is -0.462 e. The van der Waals surface area contributed by atoms with Crippen LogP contribution in [0.4, 0.5) is 4.39 Å². The van der Waals surface area contributed by atoms with Crippen molar-refractivity contribution in [1.29, 1.82) is 0 Å². The summed E-state index contributed by atoms with van der Waals surface area (Å²) in [4.78, 5) is 37.7. The van der Waals surface area contributed by atoms with Gasteiger partial charge in [0.1, 0.15) is 11.8 Å². The molecule has 5 atom stereocenters. The molecule has 0 amide bonds. The predicted octanol–water partition coefficient (Wildman–Crippen LogP) is 2.69. The van der Waals surface area contributed by atoms with Crippen molar-refractivity contribution in [3.63, 3.8) is 0 Å². The number of halogens is 1. The Hall–Kier alpha value is -2.79. The smallest absolute Gasteiger partial charge is 0.459 e. The molecule has 0 aliphatic carbocycles. The lowest BCUT2D eigenvalue weighted by Gasteiger charge is -2.24. The van der Waals surface area contributed by atoms with E-state index in [0.717, 1.165) is 16.8 Å². The van der Waals surface area contributed by atoms with E-state index in [0.29, 0.717) is 0 Å². The van der Waals surface area contributed by atoms with Crippen LogP contribution in [-0.2, 0) is 23.4 Å². The number of carbonyl (C=O) groups excluding carboxylic acids is 1. The highest BCUT2D eigenvalue weighted by molar-refractivity contribution is 7.52. The normalized spacial score (nSPS) is 24.6. The van der Waals surface area contributed by atoms with Crippen LogP contribution in [0.15, 0.2) is 52.2 Å². The van der Waals surface area contributed by atoms with Crippen molar-refractivity contribution >= 4 is 13.7 Å². The number of esters is 1. The topological polar surface area (TPSA) is 138 Å². The number of alkyl halides is 1. The van der Waals surface area contributed by atoms with Crippen molar-refractivity contribution in [3.8, 4) is 5.75 Å². The van der Waals surface area contributed by atoms with Gasteiger partial charge in [-0.1, -0.05) is 18.2 Å². The van der Waals surface area contributed by atoms with Crippen molar-refractivity contribution in [2.45, 2.75) is 64.3 Å². The summed E-state index contributed by atoms with van der Waals surface area (Å²) in [5, 5.41) is 2.54. The van der Waals surface area contributed by atoms with E-state index < -0.39 is 49.0 Å². The summed E-state index contributed by atoms with van der Waals surface area (Å²) >= 11 is 0. The van der Waals surface area contributed by atoms with Gasteiger partial charge in [-0.15, -0.1) is 0 Å². The average Bonchev–Trinajstić information content (AvgIpc) is 3.06. The van der Waals surface area contributed by atoms with Gasteiger partial charge in [0.15, 0.2) is 11.9 Å². The SMILES string of the molecule is CC(C)OC(=O)[C@H](C)NP(=O)(OC[C@@H]1C[C@@](C)(F)C(n2ccc(=O)[nH]c2=O)O1)Oc1ccccc1. The van der Waals surface area contributed by atoms with Crippen LogP contribution in [0.3, 0.4) is 0 Å². The van der Waals surface area contributed by atoms with Gasteiger partial charge < -0.3 is 14.0 Å². The number of ether oxygens (including phenoxy) is 2. The lowest BCUT2D eigenvalue weighted by atomic mass is 10.0. The first-order chi connectivity index (χ1) is 16.4. The number of aromatic amines is 1. The van der Waals surface area contributed by atoms with E-state index >= 15 is 4.39 Å². The maximum atomic E-state index is 15.3. The molecular weight excluding hydrogens is 484 g/mol. The van der Waals surface area contributed by atoms with Crippen LogP contribution in [0.2, 0.25) is 0 Å². The number of hydrogen-bond acceptors (Lipinski definition) is 8. The summed E-state index contributed by atoms with van der Waals surface area (Å²) in [6.45, 7) is 5.67. The molecule has 1 saturated heterocycles. The number of nitrogens with zero attached hydrogens (tertiary/aromatic N) is 1. The molecule has 35 heavy (non-hydrogen) atoms. The molecule has 2 N–H and O–H groups in total. The zero-order valence-corrected chi connectivity index (χ0v) is 20.7. The minimum absolute atomic E-state index is 0.195. The molecule has 1 aliphatic rings. The van der Waals surface area contributed by atoms with Gasteiger partial charge >= 0.3 is 19.4 Å². The Kier molecular flexibility index (Phi) is 8.32. The van der Waals surface area contributed by atoms with Crippen LogP contribution >= 0.6 is 7.75 Å². The van der Waals surface area contributed by atoms with E-state index in [9.17, 15) is 18.9 Å². The lowest BCUT2D eigenvalue weighted by molar-refractivity contribution is -0.149. The summed E-state index contributed by atoms with van der Waals surface area (Å²) in [5.74, 6) is -0.445. The Morgan fingerprint density at radius 2 is 1.97 bits per heavy atom. The van der Waals surface area contributed by atoms with Crippen molar-refractivity contribution in [1.82, 2.24) is 14.6 Å². The molecule has 1 aliphatic heterocycles. The molecule has 2 heterocycles. The van der Waals surface area contributed by atoms with Crippen LogP contribution in [0.25, 0.3) is 0 Å². The first-order valence-corrected chi connectivity index (χ1v) is 12.6.